The van der Waals surface area contributed by atoms with Crippen LogP contribution in [0.25, 0.3) is 0 Å². The molecule has 0 aliphatic carbocycles. The summed E-state index contributed by atoms with van der Waals surface area (Å²) in [6.45, 7) is 4.13. The Morgan fingerprint density at radius 2 is 1.86 bits per heavy atom. The fourth-order valence-corrected chi connectivity index (χ4v) is 1.55. The minimum Gasteiger partial charge on any atom is -0.326 e. The molecular formula is C11H17ClN2. The molecule has 0 aliphatic rings. The second kappa shape index (κ2) is 4.78. The van der Waals surface area contributed by atoms with E-state index in [2.05, 4.69) is 13.8 Å². The molecule has 0 aliphatic heterocycles. The number of hydrogen-bond donors (Lipinski definition) is 2. The van der Waals surface area contributed by atoms with Gasteiger partial charge in [0, 0.05) is 17.1 Å². The van der Waals surface area contributed by atoms with Crippen molar-refractivity contribution in [3.05, 3.63) is 34.9 Å². The van der Waals surface area contributed by atoms with Crippen molar-refractivity contribution in [2.75, 3.05) is 0 Å². The van der Waals surface area contributed by atoms with E-state index in [1.165, 1.54) is 0 Å². The van der Waals surface area contributed by atoms with Crippen LogP contribution >= 0.6 is 11.6 Å². The van der Waals surface area contributed by atoms with Crippen LogP contribution < -0.4 is 11.5 Å². The van der Waals surface area contributed by atoms with Gasteiger partial charge in [-0.1, -0.05) is 37.6 Å². The van der Waals surface area contributed by atoms with Gasteiger partial charge in [-0.3, -0.25) is 0 Å². The highest BCUT2D eigenvalue weighted by molar-refractivity contribution is 6.30. The first-order valence-corrected chi connectivity index (χ1v) is 5.17. The van der Waals surface area contributed by atoms with E-state index in [1.807, 2.05) is 24.3 Å². The minimum absolute atomic E-state index is 0.0338. The molecule has 0 saturated heterocycles. The van der Waals surface area contributed by atoms with Crippen molar-refractivity contribution in [1.82, 2.24) is 0 Å². The Morgan fingerprint density at radius 1 is 1.21 bits per heavy atom. The molecule has 0 aromatic heterocycles. The van der Waals surface area contributed by atoms with Gasteiger partial charge in [-0.25, -0.2) is 0 Å². The minimum atomic E-state index is -0.145. The topological polar surface area (TPSA) is 52.0 Å². The molecule has 0 heterocycles. The van der Waals surface area contributed by atoms with Gasteiger partial charge in [0.1, 0.15) is 0 Å². The smallest absolute Gasteiger partial charge is 0.0451 e. The fraction of sp³-hybridized carbons (Fsp3) is 0.455. The number of hydrogen-bond acceptors (Lipinski definition) is 2. The van der Waals surface area contributed by atoms with Gasteiger partial charge in [-0.15, -0.1) is 0 Å². The maximum Gasteiger partial charge on any atom is 0.0451 e. The average molecular weight is 213 g/mol. The Labute approximate surface area is 90.2 Å². The van der Waals surface area contributed by atoms with Crippen molar-refractivity contribution >= 4 is 11.6 Å². The summed E-state index contributed by atoms with van der Waals surface area (Å²) in [5.41, 5.74) is 13.0. The van der Waals surface area contributed by atoms with Crippen LogP contribution in [0, 0.1) is 5.92 Å². The standard InChI is InChI=1S/C11H17ClN2/c1-7(2)10(13)11(14)8-4-3-5-9(12)6-8/h3-7,10-11H,13-14H2,1-2H3. The van der Waals surface area contributed by atoms with Crippen molar-refractivity contribution in [2.45, 2.75) is 25.9 Å². The zero-order valence-electron chi connectivity index (χ0n) is 8.57. The van der Waals surface area contributed by atoms with Crippen LogP contribution in [0.3, 0.4) is 0 Å². The number of benzene rings is 1. The van der Waals surface area contributed by atoms with E-state index in [-0.39, 0.29) is 12.1 Å². The van der Waals surface area contributed by atoms with Crippen LogP contribution in [0.15, 0.2) is 24.3 Å². The van der Waals surface area contributed by atoms with Gasteiger partial charge >= 0.3 is 0 Å². The lowest BCUT2D eigenvalue weighted by molar-refractivity contribution is 0.423. The van der Waals surface area contributed by atoms with E-state index in [0.29, 0.717) is 10.9 Å². The van der Waals surface area contributed by atoms with E-state index in [9.17, 15) is 0 Å². The third-order valence-corrected chi connectivity index (χ3v) is 2.65. The van der Waals surface area contributed by atoms with E-state index >= 15 is 0 Å². The van der Waals surface area contributed by atoms with Gasteiger partial charge in [-0.05, 0) is 23.6 Å². The van der Waals surface area contributed by atoms with E-state index in [4.69, 9.17) is 23.1 Å². The summed E-state index contributed by atoms with van der Waals surface area (Å²) in [6.07, 6.45) is 0. The molecule has 0 amide bonds. The largest absolute Gasteiger partial charge is 0.326 e. The van der Waals surface area contributed by atoms with Gasteiger partial charge in [0.15, 0.2) is 0 Å². The van der Waals surface area contributed by atoms with Crippen molar-refractivity contribution in [1.29, 1.82) is 0 Å². The predicted octanol–water partition coefficient (Wildman–Crippen LogP) is 2.32. The third kappa shape index (κ3) is 2.71. The molecule has 0 fully saturated rings. The number of rotatable bonds is 3. The van der Waals surface area contributed by atoms with Crippen molar-refractivity contribution in [3.8, 4) is 0 Å². The lowest BCUT2D eigenvalue weighted by atomic mass is 9.93. The predicted molar refractivity (Wildman–Crippen MR) is 61.2 cm³/mol. The third-order valence-electron chi connectivity index (χ3n) is 2.42. The van der Waals surface area contributed by atoms with Crippen LogP contribution in [-0.4, -0.2) is 6.04 Å². The monoisotopic (exact) mass is 212 g/mol. The van der Waals surface area contributed by atoms with Crippen LogP contribution in [0.5, 0.6) is 0 Å². The molecule has 14 heavy (non-hydrogen) atoms. The van der Waals surface area contributed by atoms with Crippen LogP contribution in [-0.2, 0) is 0 Å². The molecule has 3 heteroatoms. The molecular weight excluding hydrogens is 196 g/mol. The van der Waals surface area contributed by atoms with E-state index < -0.39 is 0 Å². The van der Waals surface area contributed by atoms with Crippen LogP contribution in [0.4, 0.5) is 0 Å². The molecule has 0 saturated carbocycles. The molecule has 1 rings (SSSR count). The Bertz CT molecular complexity index is 299. The molecule has 2 unspecified atom stereocenters. The maximum absolute atomic E-state index is 6.02. The summed E-state index contributed by atoms with van der Waals surface area (Å²) < 4.78 is 0. The molecule has 0 bridgehead atoms. The first kappa shape index (κ1) is 11.5. The molecule has 0 radical (unpaired) electrons. The van der Waals surface area contributed by atoms with Crippen LogP contribution in [0.2, 0.25) is 5.02 Å². The number of halogens is 1. The van der Waals surface area contributed by atoms with Gasteiger partial charge < -0.3 is 11.5 Å². The fourth-order valence-electron chi connectivity index (χ4n) is 1.35. The lowest BCUT2D eigenvalue weighted by Crippen LogP contribution is -2.38. The summed E-state index contributed by atoms with van der Waals surface area (Å²) in [7, 11) is 0. The zero-order chi connectivity index (χ0) is 10.7. The molecule has 0 spiro atoms. The second-order valence-corrected chi connectivity index (χ2v) is 4.34. The molecule has 2 nitrogen and oxygen atoms in total. The molecule has 78 valence electrons. The summed E-state index contributed by atoms with van der Waals surface area (Å²) in [5.74, 6) is 0.365. The van der Waals surface area contributed by atoms with Gasteiger partial charge in [0.05, 0.1) is 0 Å². The summed E-state index contributed by atoms with van der Waals surface area (Å²) in [6, 6.07) is 7.37. The van der Waals surface area contributed by atoms with Gasteiger partial charge in [-0.2, -0.15) is 0 Å². The summed E-state index contributed by atoms with van der Waals surface area (Å²) in [4.78, 5) is 0. The first-order chi connectivity index (χ1) is 6.52. The highest BCUT2D eigenvalue weighted by Crippen LogP contribution is 2.20. The highest BCUT2D eigenvalue weighted by Gasteiger charge is 2.18. The molecule has 1 aromatic rings. The Kier molecular flexibility index (Phi) is 3.93. The van der Waals surface area contributed by atoms with E-state index in [0.717, 1.165) is 5.56 Å². The first-order valence-electron chi connectivity index (χ1n) is 4.79. The summed E-state index contributed by atoms with van der Waals surface area (Å²) >= 11 is 5.88. The maximum atomic E-state index is 6.02. The van der Waals surface area contributed by atoms with Crippen molar-refractivity contribution < 1.29 is 0 Å². The lowest BCUT2D eigenvalue weighted by Gasteiger charge is -2.23. The van der Waals surface area contributed by atoms with Crippen molar-refractivity contribution in [3.63, 3.8) is 0 Å². The summed E-state index contributed by atoms with van der Waals surface area (Å²) in [5, 5.41) is 0.703. The second-order valence-electron chi connectivity index (χ2n) is 3.90. The highest BCUT2D eigenvalue weighted by atomic mass is 35.5. The Morgan fingerprint density at radius 3 is 2.36 bits per heavy atom. The molecule has 4 N–H and O–H groups in total. The average Bonchev–Trinajstić information content (AvgIpc) is 2.15. The SMILES string of the molecule is CC(C)C(N)C(N)c1cccc(Cl)c1. The van der Waals surface area contributed by atoms with Gasteiger partial charge in [0.2, 0.25) is 0 Å². The zero-order valence-corrected chi connectivity index (χ0v) is 9.33. The molecule has 1 aromatic carbocycles. The van der Waals surface area contributed by atoms with Crippen molar-refractivity contribution in [2.24, 2.45) is 17.4 Å². The Balaban J connectivity index is 2.83. The van der Waals surface area contributed by atoms with Gasteiger partial charge in [0.25, 0.3) is 0 Å². The molecule has 2 atom stereocenters. The normalized spacial score (nSPS) is 15.6. The Hall–Kier alpha value is -0.570. The van der Waals surface area contributed by atoms with Crippen LogP contribution in [0.1, 0.15) is 25.5 Å². The quantitative estimate of drug-likeness (QED) is 0.808. The number of nitrogens with two attached hydrogens (primary N) is 2. The van der Waals surface area contributed by atoms with E-state index in [1.54, 1.807) is 0 Å².